The van der Waals surface area contributed by atoms with Crippen LogP contribution in [-0.4, -0.2) is 20.3 Å². The van der Waals surface area contributed by atoms with Gasteiger partial charge in [0.25, 0.3) is 5.88 Å². The number of pyridine rings is 1. The molecule has 0 amide bonds. The summed E-state index contributed by atoms with van der Waals surface area (Å²) < 4.78 is 0. The summed E-state index contributed by atoms with van der Waals surface area (Å²) in [5.41, 5.74) is 1.27. The van der Waals surface area contributed by atoms with Crippen LogP contribution in [0.25, 0.3) is 11.0 Å². The maximum absolute atomic E-state index is 9.01. The third-order valence-corrected chi connectivity index (χ3v) is 1.30. The summed E-state index contributed by atoms with van der Waals surface area (Å²) in [6.07, 6.45) is 1.61. The van der Waals surface area contributed by atoms with Gasteiger partial charge in [-0.1, -0.05) is 0 Å². The normalized spacial score (nSPS) is 10.4. The fraction of sp³-hybridized carbons (Fsp3) is 0. The summed E-state index contributed by atoms with van der Waals surface area (Å²) >= 11 is 0. The van der Waals surface area contributed by atoms with Gasteiger partial charge in [0.1, 0.15) is 0 Å². The van der Waals surface area contributed by atoms with E-state index in [1.807, 2.05) is 0 Å². The Morgan fingerprint density at radius 2 is 2.40 bits per heavy atom. The Bertz CT molecular complexity index is 355. The van der Waals surface area contributed by atoms with E-state index in [1.165, 1.54) is 0 Å². The highest BCUT2D eigenvalue weighted by atomic mass is 16.3. The molecule has 0 atom stereocenters. The van der Waals surface area contributed by atoms with Gasteiger partial charge in [-0.15, -0.1) is 5.10 Å². The molecule has 4 nitrogen and oxygen atoms in total. The summed E-state index contributed by atoms with van der Waals surface area (Å²) in [4.78, 5) is 3.90. The molecule has 0 saturated heterocycles. The van der Waals surface area contributed by atoms with Gasteiger partial charge in [-0.2, -0.15) is 0 Å². The third-order valence-electron chi connectivity index (χ3n) is 1.30. The van der Waals surface area contributed by atoms with Crippen LogP contribution >= 0.6 is 0 Å². The van der Waals surface area contributed by atoms with Gasteiger partial charge >= 0.3 is 0 Å². The van der Waals surface area contributed by atoms with E-state index in [0.29, 0.717) is 5.52 Å². The Kier molecular flexibility index (Phi) is 0.887. The zero-order chi connectivity index (χ0) is 6.97. The van der Waals surface area contributed by atoms with Gasteiger partial charge < -0.3 is 5.11 Å². The van der Waals surface area contributed by atoms with Crippen molar-refractivity contribution >= 4 is 11.0 Å². The lowest BCUT2D eigenvalue weighted by Crippen LogP contribution is -1.70. The monoisotopic (exact) mass is 135 g/mol. The second-order valence-corrected chi connectivity index (χ2v) is 1.95. The van der Waals surface area contributed by atoms with Gasteiger partial charge in [-0.25, -0.2) is 4.98 Å². The Morgan fingerprint density at radius 3 is 3.20 bits per heavy atom. The molecule has 0 aliphatic carbocycles. The molecule has 0 unspecified atom stereocenters. The molecule has 0 aliphatic rings. The van der Waals surface area contributed by atoms with Crippen molar-refractivity contribution in [3.05, 3.63) is 18.3 Å². The lowest BCUT2D eigenvalue weighted by molar-refractivity contribution is 0.456. The molecule has 2 rings (SSSR count). The minimum Gasteiger partial charge on any atom is -0.491 e. The van der Waals surface area contributed by atoms with Gasteiger partial charge in [0, 0.05) is 6.20 Å². The van der Waals surface area contributed by atoms with Crippen molar-refractivity contribution in [2.45, 2.75) is 0 Å². The van der Waals surface area contributed by atoms with Crippen LogP contribution in [0.1, 0.15) is 0 Å². The topological polar surface area (TPSA) is 61.8 Å². The Labute approximate surface area is 56.5 Å². The molecule has 0 aliphatic heterocycles. The van der Waals surface area contributed by atoms with Crippen molar-refractivity contribution in [2.24, 2.45) is 0 Å². The first-order valence-electron chi connectivity index (χ1n) is 2.86. The van der Waals surface area contributed by atoms with Crippen LogP contribution in [0.5, 0.6) is 5.88 Å². The Morgan fingerprint density at radius 1 is 1.50 bits per heavy atom. The van der Waals surface area contributed by atoms with Gasteiger partial charge in [-0.3, -0.25) is 5.10 Å². The molecule has 0 radical (unpaired) electrons. The Hall–Kier alpha value is -1.58. The van der Waals surface area contributed by atoms with Crippen molar-refractivity contribution in [2.75, 3.05) is 0 Å². The van der Waals surface area contributed by atoms with E-state index in [0.717, 1.165) is 5.52 Å². The zero-order valence-electron chi connectivity index (χ0n) is 5.07. The number of fused-ring (bicyclic) bond motifs is 1. The minimum absolute atomic E-state index is 0.0457. The summed E-state index contributed by atoms with van der Waals surface area (Å²) in [6.45, 7) is 0. The largest absolute Gasteiger partial charge is 0.491 e. The molecular formula is C6H5N3O. The smallest absolute Gasteiger partial charge is 0.256 e. The molecule has 2 heterocycles. The molecule has 0 aromatic carbocycles. The summed E-state index contributed by atoms with van der Waals surface area (Å²) in [5.74, 6) is -0.0457. The van der Waals surface area contributed by atoms with Crippen LogP contribution in [0, 0.1) is 0 Å². The van der Waals surface area contributed by atoms with Crippen LogP contribution in [0.3, 0.4) is 0 Å². The van der Waals surface area contributed by atoms with Gasteiger partial charge in [0.2, 0.25) is 0 Å². The highest BCUT2D eigenvalue weighted by molar-refractivity contribution is 5.78. The van der Waals surface area contributed by atoms with Crippen LogP contribution in [0.15, 0.2) is 18.3 Å². The maximum atomic E-state index is 9.01. The number of aromatic nitrogens is 3. The number of nitrogens with zero attached hydrogens (tertiary/aromatic N) is 2. The van der Waals surface area contributed by atoms with E-state index in [2.05, 4.69) is 15.2 Å². The van der Waals surface area contributed by atoms with E-state index >= 15 is 0 Å². The quantitative estimate of drug-likeness (QED) is 0.557. The van der Waals surface area contributed by atoms with Gasteiger partial charge in [0.15, 0.2) is 5.52 Å². The summed E-state index contributed by atoms with van der Waals surface area (Å²) in [5, 5.41) is 15.2. The average molecular weight is 135 g/mol. The number of nitrogens with one attached hydrogen (secondary N) is 1. The highest BCUT2D eigenvalue weighted by Gasteiger charge is 2.01. The lowest BCUT2D eigenvalue weighted by atomic mass is 10.4. The lowest BCUT2D eigenvalue weighted by Gasteiger charge is -1.83. The second-order valence-electron chi connectivity index (χ2n) is 1.95. The van der Waals surface area contributed by atoms with Crippen LogP contribution in [-0.2, 0) is 0 Å². The number of hydrogen-bond acceptors (Lipinski definition) is 3. The molecule has 0 bridgehead atoms. The number of rotatable bonds is 0. The van der Waals surface area contributed by atoms with Gasteiger partial charge in [0.05, 0.1) is 5.52 Å². The standard InChI is InChI=1S/C6H5N3O/c10-6-5-4(8-9-6)2-1-3-7-5/h1-3H,(H2,8,9,10). The van der Waals surface area contributed by atoms with Crippen LogP contribution in [0.4, 0.5) is 0 Å². The van der Waals surface area contributed by atoms with Crippen molar-refractivity contribution in [3.63, 3.8) is 0 Å². The molecule has 0 fully saturated rings. The first kappa shape index (κ1) is 5.22. The average Bonchev–Trinajstić information content (AvgIpc) is 2.34. The predicted molar refractivity (Wildman–Crippen MR) is 35.6 cm³/mol. The van der Waals surface area contributed by atoms with Gasteiger partial charge in [-0.05, 0) is 12.1 Å². The van der Waals surface area contributed by atoms with Crippen molar-refractivity contribution in [1.82, 2.24) is 15.2 Å². The van der Waals surface area contributed by atoms with E-state index in [4.69, 9.17) is 5.11 Å². The highest BCUT2D eigenvalue weighted by Crippen LogP contribution is 2.16. The fourth-order valence-electron chi connectivity index (χ4n) is 0.840. The molecule has 2 aromatic rings. The van der Waals surface area contributed by atoms with Crippen molar-refractivity contribution in [3.8, 4) is 5.88 Å². The number of aromatic hydroxyl groups is 1. The van der Waals surface area contributed by atoms with Crippen LogP contribution in [0.2, 0.25) is 0 Å². The zero-order valence-corrected chi connectivity index (χ0v) is 5.07. The Balaban J connectivity index is 2.93. The fourth-order valence-corrected chi connectivity index (χ4v) is 0.840. The minimum atomic E-state index is -0.0457. The SMILES string of the molecule is Oc1n[nH]c2cccnc12. The van der Waals surface area contributed by atoms with Crippen molar-refractivity contribution < 1.29 is 5.11 Å². The van der Waals surface area contributed by atoms with E-state index in [1.54, 1.807) is 18.3 Å². The molecular weight excluding hydrogens is 130 g/mol. The molecule has 10 heavy (non-hydrogen) atoms. The number of aromatic amines is 1. The summed E-state index contributed by atoms with van der Waals surface area (Å²) in [6, 6.07) is 3.58. The number of H-pyrrole nitrogens is 1. The molecule has 0 spiro atoms. The number of hydrogen-bond donors (Lipinski definition) is 2. The van der Waals surface area contributed by atoms with E-state index in [-0.39, 0.29) is 5.88 Å². The molecule has 2 N–H and O–H groups in total. The summed E-state index contributed by atoms with van der Waals surface area (Å²) in [7, 11) is 0. The molecule has 0 saturated carbocycles. The van der Waals surface area contributed by atoms with Crippen molar-refractivity contribution in [1.29, 1.82) is 0 Å². The second kappa shape index (κ2) is 1.70. The predicted octanol–water partition coefficient (Wildman–Crippen LogP) is 0.663. The first-order chi connectivity index (χ1) is 4.88. The van der Waals surface area contributed by atoms with E-state index in [9.17, 15) is 0 Å². The maximum Gasteiger partial charge on any atom is 0.256 e. The van der Waals surface area contributed by atoms with E-state index < -0.39 is 0 Å². The molecule has 4 heteroatoms. The first-order valence-corrected chi connectivity index (χ1v) is 2.86. The molecule has 50 valence electrons. The van der Waals surface area contributed by atoms with Crippen LogP contribution < -0.4 is 0 Å². The third kappa shape index (κ3) is 0.556. The molecule has 2 aromatic heterocycles.